The maximum atomic E-state index is 12.5. The minimum absolute atomic E-state index is 0.266. The number of nitrogens with zero attached hydrogens (tertiary/aromatic N) is 3. The van der Waals surface area contributed by atoms with E-state index in [2.05, 4.69) is 20.2 Å². The van der Waals surface area contributed by atoms with E-state index >= 15 is 0 Å². The lowest BCUT2D eigenvalue weighted by Crippen LogP contribution is -2.45. The molecule has 3 heterocycles. The number of benzene rings is 1. The minimum atomic E-state index is -0.425. The van der Waals surface area contributed by atoms with E-state index in [0.29, 0.717) is 35.4 Å². The third-order valence-corrected chi connectivity index (χ3v) is 5.45. The average molecular weight is 389 g/mol. The number of halogens is 1. The van der Waals surface area contributed by atoms with Gasteiger partial charge in [0, 0.05) is 49.0 Å². The van der Waals surface area contributed by atoms with Crippen molar-refractivity contribution in [3.8, 4) is 0 Å². The van der Waals surface area contributed by atoms with Crippen LogP contribution in [0.1, 0.15) is 28.8 Å². The van der Waals surface area contributed by atoms with Crippen LogP contribution in [0.3, 0.4) is 0 Å². The SMILES string of the molecule is Cc1c(Cl)cccc1NC(=O)c1cnc(N2CCC3(CC2)OCCO3)nc1. The molecular weight excluding hydrogens is 368 g/mol. The number of hydrogen-bond donors (Lipinski definition) is 1. The molecule has 1 amide bonds. The lowest BCUT2D eigenvalue weighted by atomic mass is 10.0. The molecule has 2 aliphatic rings. The molecule has 2 saturated heterocycles. The normalized spacial score (nSPS) is 18.7. The number of carbonyl (C=O) groups is 1. The molecule has 4 rings (SSSR count). The van der Waals surface area contributed by atoms with E-state index in [4.69, 9.17) is 21.1 Å². The van der Waals surface area contributed by atoms with Crippen molar-refractivity contribution >= 4 is 29.1 Å². The van der Waals surface area contributed by atoms with Crippen molar-refractivity contribution in [3.05, 3.63) is 46.7 Å². The quantitative estimate of drug-likeness (QED) is 0.870. The number of carbonyl (C=O) groups excluding carboxylic acids is 1. The second-order valence-corrected chi connectivity index (χ2v) is 7.14. The molecule has 1 aromatic heterocycles. The molecule has 0 bridgehead atoms. The molecular formula is C19H21ClN4O3. The van der Waals surface area contributed by atoms with Crippen molar-refractivity contribution in [1.82, 2.24) is 9.97 Å². The lowest BCUT2D eigenvalue weighted by Gasteiger charge is -2.37. The van der Waals surface area contributed by atoms with E-state index in [1.807, 2.05) is 13.0 Å². The Morgan fingerprint density at radius 2 is 1.85 bits per heavy atom. The summed E-state index contributed by atoms with van der Waals surface area (Å²) in [6.45, 7) is 4.69. The Balaban J connectivity index is 1.40. The Hall–Kier alpha value is -2.22. The Morgan fingerprint density at radius 3 is 2.52 bits per heavy atom. The van der Waals surface area contributed by atoms with Gasteiger partial charge in [0.25, 0.3) is 5.91 Å². The van der Waals surface area contributed by atoms with Crippen LogP contribution >= 0.6 is 11.6 Å². The number of piperidine rings is 1. The predicted octanol–water partition coefficient (Wildman–Crippen LogP) is 3.03. The molecule has 0 unspecified atom stereocenters. The maximum Gasteiger partial charge on any atom is 0.258 e. The van der Waals surface area contributed by atoms with Crippen LogP contribution in [0, 0.1) is 6.92 Å². The molecule has 1 N–H and O–H groups in total. The molecule has 1 aromatic carbocycles. The second kappa shape index (κ2) is 7.42. The first-order chi connectivity index (χ1) is 13.1. The number of aromatic nitrogens is 2. The largest absolute Gasteiger partial charge is 0.347 e. The van der Waals surface area contributed by atoms with Gasteiger partial charge in [-0.25, -0.2) is 9.97 Å². The molecule has 2 aliphatic heterocycles. The summed E-state index contributed by atoms with van der Waals surface area (Å²) in [5, 5.41) is 3.46. The average Bonchev–Trinajstić information content (AvgIpc) is 3.14. The highest BCUT2D eigenvalue weighted by molar-refractivity contribution is 6.31. The molecule has 2 aromatic rings. The number of nitrogens with one attached hydrogen (secondary N) is 1. The summed E-state index contributed by atoms with van der Waals surface area (Å²) in [4.78, 5) is 23.3. The Morgan fingerprint density at radius 1 is 1.19 bits per heavy atom. The molecule has 1 spiro atoms. The fraction of sp³-hybridized carbons (Fsp3) is 0.421. The highest BCUT2D eigenvalue weighted by Gasteiger charge is 2.40. The molecule has 7 nitrogen and oxygen atoms in total. The first-order valence-electron chi connectivity index (χ1n) is 8.98. The van der Waals surface area contributed by atoms with Crippen LogP contribution in [-0.4, -0.2) is 48.0 Å². The van der Waals surface area contributed by atoms with Gasteiger partial charge in [-0.15, -0.1) is 0 Å². The molecule has 0 radical (unpaired) electrons. The zero-order chi connectivity index (χ0) is 18.9. The minimum Gasteiger partial charge on any atom is -0.347 e. The maximum absolute atomic E-state index is 12.5. The molecule has 8 heteroatoms. The highest BCUT2D eigenvalue weighted by Crippen LogP contribution is 2.32. The van der Waals surface area contributed by atoms with Gasteiger partial charge < -0.3 is 19.7 Å². The number of anilines is 2. The second-order valence-electron chi connectivity index (χ2n) is 6.73. The topological polar surface area (TPSA) is 76.6 Å². The van der Waals surface area contributed by atoms with E-state index in [1.54, 1.807) is 24.5 Å². The third-order valence-electron chi connectivity index (χ3n) is 5.04. The van der Waals surface area contributed by atoms with E-state index in [1.165, 1.54) is 0 Å². The number of hydrogen-bond acceptors (Lipinski definition) is 6. The van der Waals surface area contributed by atoms with Gasteiger partial charge in [0.1, 0.15) is 0 Å². The van der Waals surface area contributed by atoms with Crippen LogP contribution in [0.4, 0.5) is 11.6 Å². The van der Waals surface area contributed by atoms with Crippen molar-refractivity contribution in [2.24, 2.45) is 0 Å². The Bertz CT molecular complexity index is 827. The van der Waals surface area contributed by atoms with E-state index in [0.717, 1.165) is 31.5 Å². The molecule has 2 fully saturated rings. The first kappa shape index (κ1) is 18.2. The van der Waals surface area contributed by atoms with Crippen LogP contribution in [0.5, 0.6) is 0 Å². The van der Waals surface area contributed by atoms with Gasteiger partial charge >= 0.3 is 0 Å². The standard InChI is InChI=1S/C19H21ClN4O3/c1-13-15(20)3-2-4-16(13)23-17(25)14-11-21-18(22-12-14)24-7-5-19(6-8-24)26-9-10-27-19/h2-4,11-12H,5-10H2,1H3,(H,23,25). The van der Waals surface area contributed by atoms with Gasteiger partial charge in [0.15, 0.2) is 5.79 Å². The molecule has 142 valence electrons. The lowest BCUT2D eigenvalue weighted by molar-refractivity contribution is -0.169. The molecule has 27 heavy (non-hydrogen) atoms. The van der Waals surface area contributed by atoms with Crippen LogP contribution in [0.15, 0.2) is 30.6 Å². The van der Waals surface area contributed by atoms with Crippen molar-refractivity contribution in [1.29, 1.82) is 0 Å². The smallest absolute Gasteiger partial charge is 0.258 e. The van der Waals surface area contributed by atoms with Gasteiger partial charge in [0.2, 0.25) is 5.95 Å². The van der Waals surface area contributed by atoms with Crippen LogP contribution in [0.25, 0.3) is 0 Å². The van der Waals surface area contributed by atoms with E-state index in [9.17, 15) is 4.79 Å². The van der Waals surface area contributed by atoms with Crippen molar-refractivity contribution in [2.45, 2.75) is 25.6 Å². The molecule has 0 aliphatic carbocycles. The van der Waals surface area contributed by atoms with E-state index < -0.39 is 5.79 Å². The van der Waals surface area contributed by atoms with Gasteiger partial charge in [-0.3, -0.25) is 4.79 Å². The van der Waals surface area contributed by atoms with E-state index in [-0.39, 0.29) is 5.91 Å². The monoisotopic (exact) mass is 388 g/mol. The summed E-state index contributed by atoms with van der Waals surface area (Å²) in [7, 11) is 0. The number of amides is 1. The summed E-state index contributed by atoms with van der Waals surface area (Å²) in [5.41, 5.74) is 1.90. The Labute approximate surface area is 162 Å². The summed E-state index contributed by atoms with van der Waals surface area (Å²) in [6.07, 6.45) is 4.66. The molecule has 0 atom stereocenters. The van der Waals surface area contributed by atoms with Crippen molar-refractivity contribution in [3.63, 3.8) is 0 Å². The number of rotatable bonds is 3. The van der Waals surface area contributed by atoms with Gasteiger partial charge in [-0.05, 0) is 24.6 Å². The zero-order valence-corrected chi connectivity index (χ0v) is 15.8. The van der Waals surface area contributed by atoms with Crippen LogP contribution < -0.4 is 10.2 Å². The van der Waals surface area contributed by atoms with Gasteiger partial charge in [0.05, 0.1) is 18.8 Å². The Kier molecular flexibility index (Phi) is 4.99. The number of ether oxygens (including phenoxy) is 2. The fourth-order valence-corrected chi connectivity index (χ4v) is 3.55. The summed E-state index contributed by atoms with van der Waals surface area (Å²) in [6, 6.07) is 5.39. The van der Waals surface area contributed by atoms with Gasteiger partial charge in [-0.2, -0.15) is 0 Å². The summed E-state index contributed by atoms with van der Waals surface area (Å²) < 4.78 is 11.5. The first-order valence-corrected chi connectivity index (χ1v) is 9.35. The van der Waals surface area contributed by atoms with Crippen LogP contribution in [0.2, 0.25) is 5.02 Å². The van der Waals surface area contributed by atoms with Gasteiger partial charge in [-0.1, -0.05) is 17.7 Å². The predicted molar refractivity (Wildman–Crippen MR) is 102 cm³/mol. The summed E-state index contributed by atoms with van der Waals surface area (Å²) >= 11 is 6.10. The molecule has 0 saturated carbocycles. The zero-order valence-electron chi connectivity index (χ0n) is 15.1. The summed E-state index contributed by atoms with van der Waals surface area (Å²) in [5.74, 6) is -0.0823. The van der Waals surface area contributed by atoms with Crippen molar-refractivity contribution in [2.75, 3.05) is 36.5 Å². The van der Waals surface area contributed by atoms with Crippen LogP contribution in [-0.2, 0) is 9.47 Å². The third kappa shape index (κ3) is 3.76. The van der Waals surface area contributed by atoms with Crippen molar-refractivity contribution < 1.29 is 14.3 Å². The highest BCUT2D eigenvalue weighted by atomic mass is 35.5. The fourth-order valence-electron chi connectivity index (χ4n) is 3.37.